The Kier molecular flexibility index (Phi) is 4.99. The number of amides is 1. The molecule has 0 fully saturated rings. The number of anilines is 2. The van der Waals surface area contributed by atoms with Crippen LogP contribution in [0.2, 0.25) is 0 Å². The third kappa shape index (κ3) is 4.60. The molecule has 0 saturated carbocycles. The Labute approximate surface area is 146 Å². The molecule has 2 N–H and O–H groups in total. The number of hydrogen-bond donors (Lipinski definition) is 2. The Bertz CT molecular complexity index is 863. The highest BCUT2D eigenvalue weighted by Crippen LogP contribution is 2.12. The number of rotatable bonds is 5. The molecule has 0 unspecified atom stereocenters. The van der Waals surface area contributed by atoms with Crippen LogP contribution in [-0.2, 0) is 6.54 Å². The standard InChI is InChI=1S/C19H19N5O/c1-13-6-8-15(9-7-13)23-18(25)17-11-14(2)22-19(24-17)21-12-16-5-3-4-10-20-16/h3-11H,12H2,1-2H3,(H,23,25)(H,21,22,24). The van der Waals surface area contributed by atoms with Crippen molar-refractivity contribution in [2.24, 2.45) is 0 Å². The number of carbonyl (C=O) groups excluding carboxylic acids is 1. The minimum absolute atomic E-state index is 0.268. The van der Waals surface area contributed by atoms with Crippen LogP contribution < -0.4 is 10.6 Å². The minimum Gasteiger partial charge on any atom is -0.349 e. The van der Waals surface area contributed by atoms with Crippen molar-refractivity contribution in [3.05, 3.63) is 77.4 Å². The molecule has 3 rings (SSSR count). The van der Waals surface area contributed by atoms with Gasteiger partial charge in [-0.15, -0.1) is 0 Å². The van der Waals surface area contributed by atoms with Crippen molar-refractivity contribution in [3.63, 3.8) is 0 Å². The van der Waals surface area contributed by atoms with Gasteiger partial charge in [0, 0.05) is 17.6 Å². The zero-order valence-electron chi connectivity index (χ0n) is 14.2. The number of nitrogens with one attached hydrogen (secondary N) is 2. The largest absolute Gasteiger partial charge is 0.349 e. The van der Waals surface area contributed by atoms with Gasteiger partial charge in [-0.25, -0.2) is 9.97 Å². The quantitative estimate of drug-likeness (QED) is 0.748. The predicted octanol–water partition coefficient (Wildman–Crippen LogP) is 3.35. The Morgan fingerprint density at radius 2 is 1.84 bits per heavy atom. The number of aromatic nitrogens is 3. The van der Waals surface area contributed by atoms with Crippen molar-refractivity contribution in [3.8, 4) is 0 Å². The molecule has 0 saturated heterocycles. The van der Waals surface area contributed by atoms with Crippen LogP contribution in [0.15, 0.2) is 54.7 Å². The van der Waals surface area contributed by atoms with Crippen molar-refractivity contribution in [1.82, 2.24) is 15.0 Å². The Morgan fingerprint density at radius 1 is 1.04 bits per heavy atom. The first kappa shape index (κ1) is 16.6. The monoisotopic (exact) mass is 333 g/mol. The van der Waals surface area contributed by atoms with Gasteiger partial charge in [-0.2, -0.15) is 0 Å². The van der Waals surface area contributed by atoms with E-state index in [1.807, 2.05) is 56.3 Å². The smallest absolute Gasteiger partial charge is 0.274 e. The van der Waals surface area contributed by atoms with Gasteiger partial charge in [-0.3, -0.25) is 9.78 Å². The zero-order chi connectivity index (χ0) is 17.6. The second kappa shape index (κ2) is 7.53. The molecule has 2 heterocycles. The number of benzene rings is 1. The van der Waals surface area contributed by atoms with E-state index in [4.69, 9.17) is 0 Å². The summed E-state index contributed by atoms with van der Waals surface area (Å²) in [6.07, 6.45) is 1.73. The molecule has 0 spiro atoms. The van der Waals surface area contributed by atoms with Gasteiger partial charge >= 0.3 is 0 Å². The van der Waals surface area contributed by atoms with Gasteiger partial charge in [0.25, 0.3) is 5.91 Å². The first-order valence-electron chi connectivity index (χ1n) is 7.97. The Balaban J connectivity index is 1.72. The molecule has 6 nitrogen and oxygen atoms in total. The molecule has 6 heteroatoms. The van der Waals surface area contributed by atoms with Gasteiger partial charge in [0.15, 0.2) is 0 Å². The van der Waals surface area contributed by atoms with Gasteiger partial charge in [0.1, 0.15) is 5.69 Å². The first-order chi connectivity index (χ1) is 12.1. The fraction of sp³-hybridized carbons (Fsp3) is 0.158. The summed E-state index contributed by atoms with van der Waals surface area (Å²) in [6.45, 7) is 4.32. The van der Waals surface area contributed by atoms with Crippen LogP contribution >= 0.6 is 0 Å². The van der Waals surface area contributed by atoms with Crippen molar-refractivity contribution < 1.29 is 4.79 Å². The van der Waals surface area contributed by atoms with Gasteiger partial charge in [0.05, 0.1) is 12.2 Å². The number of carbonyl (C=O) groups is 1. The molecule has 0 aliphatic heterocycles. The molecule has 25 heavy (non-hydrogen) atoms. The normalized spacial score (nSPS) is 10.3. The lowest BCUT2D eigenvalue weighted by Gasteiger charge is -2.09. The van der Waals surface area contributed by atoms with Gasteiger partial charge in [-0.05, 0) is 44.2 Å². The van der Waals surface area contributed by atoms with Gasteiger partial charge in [0.2, 0.25) is 5.95 Å². The highest BCUT2D eigenvalue weighted by Gasteiger charge is 2.11. The fourth-order valence-corrected chi connectivity index (χ4v) is 2.27. The molecule has 1 amide bonds. The van der Waals surface area contributed by atoms with Crippen LogP contribution in [0.4, 0.5) is 11.6 Å². The second-order valence-electron chi connectivity index (χ2n) is 5.71. The summed E-state index contributed by atoms with van der Waals surface area (Å²) >= 11 is 0. The lowest BCUT2D eigenvalue weighted by atomic mass is 10.2. The van der Waals surface area contributed by atoms with E-state index < -0.39 is 0 Å². The summed E-state index contributed by atoms with van der Waals surface area (Å²) in [4.78, 5) is 25.3. The molecular weight excluding hydrogens is 314 g/mol. The molecule has 1 aromatic carbocycles. The van der Waals surface area contributed by atoms with Crippen LogP contribution in [0.3, 0.4) is 0 Å². The SMILES string of the molecule is Cc1ccc(NC(=O)c2cc(C)nc(NCc3ccccn3)n2)cc1. The maximum absolute atomic E-state index is 12.4. The number of nitrogens with zero attached hydrogens (tertiary/aromatic N) is 3. The van der Waals surface area contributed by atoms with Crippen molar-refractivity contribution in [1.29, 1.82) is 0 Å². The van der Waals surface area contributed by atoms with Crippen LogP contribution in [0, 0.1) is 13.8 Å². The first-order valence-corrected chi connectivity index (χ1v) is 7.97. The Hall–Kier alpha value is -3.28. The fourth-order valence-electron chi connectivity index (χ4n) is 2.27. The summed E-state index contributed by atoms with van der Waals surface area (Å²) in [5.41, 5.74) is 3.77. The topological polar surface area (TPSA) is 79.8 Å². The average Bonchev–Trinajstić information content (AvgIpc) is 2.62. The average molecular weight is 333 g/mol. The van der Waals surface area contributed by atoms with Gasteiger partial charge < -0.3 is 10.6 Å². The van der Waals surface area contributed by atoms with Crippen molar-refractivity contribution in [2.45, 2.75) is 20.4 Å². The van der Waals surface area contributed by atoms with E-state index in [0.29, 0.717) is 23.9 Å². The molecule has 0 atom stereocenters. The lowest BCUT2D eigenvalue weighted by Crippen LogP contribution is -2.16. The number of aryl methyl sites for hydroxylation is 2. The number of hydrogen-bond acceptors (Lipinski definition) is 5. The summed E-state index contributed by atoms with van der Waals surface area (Å²) in [6, 6.07) is 15.0. The molecule has 0 radical (unpaired) electrons. The molecule has 0 aliphatic carbocycles. The summed E-state index contributed by atoms with van der Waals surface area (Å²) in [5, 5.41) is 5.95. The van der Waals surface area contributed by atoms with Crippen LogP contribution in [0.5, 0.6) is 0 Å². The van der Waals surface area contributed by atoms with E-state index in [2.05, 4.69) is 25.6 Å². The van der Waals surface area contributed by atoms with E-state index in [1.165, 1.54) is 0 Å². The molecule has 3 aromatic rings. The van der Waals surface area contributed by atoms with Crippen LogP contribution in [0.25, 0.3) is 0 Å². The summed E-state index contributed by atoms with van der Waals surface area (Å²) < 4.78 is 0. The molecule has 0 aliphatic rings. The van der Waals surface area contributed by atoms with Crippen molar-refractivity contribution in [2.75, 3.05) is 10.6 Å². The van der Waals surface area contributed by atoms with Crippen LogP contribution in [0.1, 0.15) is 27.4 Å². The maximum atomic E-state index is 12.4. The summed E-state index contributed by atoms with van der Waals surface area (Å²) in [5.74, 6) is 0.134. The van der Waals surface area contributed by atoms with E-state index in [0.717, 1.165) is 16.9 Å². The predicted molar refractivity (Wildman–Crippen MR) is 97.5 cm³/mol. The molecule has 2 aromatic heterocycles. The van der Waals surface area contributed by atoms with Gasteiger partial charge in [-0.1, -0.05) is 23.8 Å². The molecular formula is C19H19N5O. The van der Waals surface area contributed by atoms with E-state index in [1.54, 1.807) is 12.3 Å². The lowest BCUT2D eigenvalue weighted by molar-refractivity contribution is 0.102. The van der Waals surface area contributed by atoms with E-state index in [9.17, 15) is 4.79 Å². The third-order valence-corrected chi connectivity index (χ3v) is 3.55. The van der Waals surface area contributed by atoms with Crippen LogP contribution in [-0.4, -0.2) is 20.9 Å². The van der Waals surface area contributed by atoms with Crippen molar-refractivity contribution >= 4 is 17.5 Å². The highest BCUT2D eigenvalue weighted by atomic mass is 16.1. The third-order valence-electron chi connectivity index (χ3n) is 3.55. The molecule has 0 bridgehead atoms. The molecule has 126 valence electrons. The number of pyridine rings is 1. The minimum atomic E-state index is -0.268. The van der Waals surface area contributed by atoms with E-state index >= 15 is 0 Å². The van der Waals surface area contributed by atoms with E-state index in [-0.39, 0.29) is 5.91 Å². The zero-order valence-corrected chi connectivity index (χ0v) is 14.2. The maximum Gasteiger partial charge on any atom is 0.274 e. The Morgan fingerprint density at radius 3 is 2.56 bits per heavy atom. The highest BCUT2D eigenvalue weighted by molar-refractivity contribution is 6.03. The summed E-state index contributed by atoms with van der Waals surface area (Å²) in [7, 11) is 0. The second-order valence-corrected chi connectivity index (χ2v) is 5.71.